The SMILES string of the molecule is CCCOC(=O)Cc1c(C)n(C(=S)c2ccc(C)cc2)c2cc(F)c(OC)cc12. The third-order valence-electron chi connectivity index (χ3n) is 4.90. The Hall–Kier alpha value is -2.73. The molecule has 2 aromatic carbocycles. The summed E-state index contributed by atoms with van der Waals surface area (Å²) in [5.74, 6) is -0.678. The molecule has 1 aromatic heterocycles. The molecule has 0 amide bonds. The van der Waals surface area contributed by atoms with E-state index in [0.717, 1.165) is 34.2 Å². The second kappa shape index (κ2) is 8.74. The molecule has 0 radical (unpaired) electrons. The predicted octanol–water partition coefficient (Wildman–Crippen LogP) is 5.13. The van der Waals surface area contributed by atoms with E-state index >= 15 is 0 Å². The number of aromatic nitrogens is 1. The van der Waals surface area contributed by atoms with Gasteiger partial charge in [0.25, 0.3) is 0 Å². The second-order valence-corrected chi connectivity index (χ2v) is 7.36. The van der Waals surface area contributed by atoms with Gasteiger partial charge in [0.15, 0.2) is 11.6 Å². The summed E-state index contributed by atoms with van der Waals surface area (Å²) in [5.41, 5.74) is 4.12. The molecule has 0 aliphatic rings. The molecular weight excluding hydrogens is 389 g/mol. The van der Waals surface area contributed by atoms with Crippen molar-refractivity contribution in [1.29, 1.82) is 0 Å². The minimum absolute atomic E-state index is 0.0840. The lowest BCUT2D eigenvalue weighted by Crippen LogP contribution is -2.14. The van der Waals surface area contributed by atoms with Gasteiger partial charge in [-0.2, -0.15) is 0 Å². The Bertz CT molecular complexity index is 1070. The Morgan fingerprint density at radius 1 is 1.17 bits per heavy atom. The molecule has 29 heavy (non-hydrogen) atoms. The van der Waals surface area contributed by atoms with Crippen molar-refractivity contribution in [2.75, 3.05) is 13.7 Å². The molecule has 1 heterocycles. The number of thiocarbonyl (C=S) groups is 1. The number of ether oxygens (including phenoxy) is 2. The van der Waals surface area contributed by atoms with Gasteiger partial charge in [0.05, 0.1) is 25.7 Å². The lowest BCUT2D eigenvalue weighted by atomic mass is 10.1. The van der Waals surface area contributed by atoms with Crippen LogP contribution in [0.2, 0.25) is 0 Å². The summed E-state index contributed by atoms with van der Waals surface area (Å²) in [5, 5.41) is 0.726. The number of benzene rings is 2. The van der Waals surface area contributed by atoms with Gasteiger partial charge in [0.1, 0.15) is 4.99 Å². The van der Waals surface area contributed by atoms with Crippen LogP contribution in [0.5, 0.6) is 5.75 Å². The maximum atomic E-state index is 14.5. The third-order valence-corrected chi connectivity index (χ3v) is 5.32. The van der Waals surface area contributed by atoms with Crippen molar-refractivity contribution in [3.8, 4) is 5.75 Å². The average molecular weight is 414 g/mol. The first kappa shape index (κ1) is 21.0. The van der Waals surface area contributed by atoms with E-state index in [0.29, 0.717) is 17.1 Å². The van der Waals surface area contributed by atoms with Crippen LogP contribution in [0.25, 0.3) is 10.9 Å². The van der Waals surface area contributed by atoms with Gasteiger partial charge in [-0.25, -0.2) is 4.39 Å². The maximum Gasteiger partial charge on any atom is 0.310 e. The zero-order valence-corrected chi connectivity index (χ0v) is 17.9. The van der Waals surface area contributed by atoms with Crippen LogP contribution in [0.3, 0.4) is 0 Å². The van der Waals surface area contributed by atoms with Gasteiger partial charge in [-0.1, -0.05) is 49.0 Å². The van der Waals surface area contributed by atoms with E-state index in [9.17, 15) is 9.18 Å². The number of esters is 1. The summed E-state index contributed by atoms with van der Waals surface area (Å²) < 4.78 is 26.7. The third kappa shape index (κ3) is 4.17. The Morgan fingerprint density at radius 3 is 2.48 bits per heavy atom. The van der Waals surface area contributed by atoms with Crippen LogP contribution in [0, 0.1) is 19.7 Å². The van der Waals surface area contributed by atoms with E-state index in [2.05, 4.69) is 0 Å². The Morgan fingerprint density at radius 2 is 1.86 bits per heavy atom. The molecule has 0 aliphatic heterocycles. The predicted molar refractivity (Wildman–Crippen MR) is 116 cm³/mol. The van der Waals surface area contributed by atoms with E-state index in [1.165, 1.54) is 13.2 Å². The molecule has 0 aliphatic carbocycles. The van der Waals surface area contributed by atoms with Crippen LogP contribution in [0.4, 0.5) is 4.39 Å². The van der Waals surface area contributed by atoms with Gasteiger partial charge in [-0.05, 0) is 31.9 Å². The van der Waals surface area contributed by atoms with Crippen molar-refractivity contribution in [2.24, 2.45) is 0 Å². The van der Waals surface area contributed by atoms with Crippen molar-refractivity contribution in [2.45, 2.75) is 33.6 Å². The summed E-state index contributed by atoms with van der Waals surface area (Å²) in [6.45, 7) is 6.20. The number of aryl methyl sites for hydroxylation is 1. The van der Waals surface area contributed by atoms with Crippen LogP contribution >= 0.6 is 12.2 Å². The van der Waals surface area contributed by atoms with E-state index < -0.39 is 5.82 Å². The number of hydrogen-bond acceptors (Lipinski definition) is 4. The van der Waals surface area contributed by atoms with E-state index in [4.69, 9.17) is 21.7 Å². The molecule has 0 saturated heterocycles. The first-order valence-electron chi connectivity index (χ1n) is 9.51. The normalized spacial score (nSPS) is 10.9. The first-order valence-corrected chi connectivity index (χ1v) is 9.92. The molecule has 152 valence electrons. The number of hydrogen-bond donors (Lipinski definition) is 0. The molecule has 0 bridgehead atoms. The number of carbonyl (C=O) groups excluding carboxylic acids is 1. The first-order chi connectivity index (χ1) is 13.9. The van der Waals surface area contributed by atoms with Crippen molar-refractivity contribution in [3.63, 3.8) is 0 Å². The fraction of sp³-hybridized carbons (Fsp3) is 0.304. The minimum Gasteiger partial charge on any atom is -0.494 e. The molecule has 4 nitrogen and oxygen atoms in total. The quantitative estimate of drug-likeness (QED) is 0.415. The number of methoxy groups -OCH3 is 1. The molecule has 6 heteroatoms. The van der Waals surface area contributed by atoms with Crippen LogP contribution in [-0.2, 0) is 16.0 Å². The lowest BCUT2D eigenvalue weighted by Gasteiger charge is -2.11. The zero-order valence-electron chi connectivity index (χ0n) is 17.0. The highest BCUT2D eigenvalue weighted by Gasteiger charge is 2.22. The molecule has 0 unspecified atom stereocenters. The van der Waals surface area contributed by atoms with Crippen LogP contribution in [0.1, 0.15) is 35.7 Å². The largest absolute Gasteiger partial charge is 0.494 e. The number of fused-ring (bicyclic) bond motifs is 1. The summed E-state index contributed by atoms with van der Waals surface area (Å²) in [6, 6.07) is 10.9. The number of halogens is 1. The minimum atomic E-state index is -0.481. The Balaban J connectivity index is 2.17. The number of nitrogens with zero attached hydrogens (tertiary/aromatic N) is 1. The Labute approximate surface area is 175 Å². The molecule has 0 saturated carbocycles. The molecule has 0 N–H and O–H groups in total. The number of carbonyl (C=O) groups is 1. The number of rotatable bonds is 6. The van der Waals surface area contributed by atoms with Crippen LogP contribution in [0.15, 0.2) is 36.4 Å². The standard InChI is InChI=1S/C23H24FNO3S/c1-5-10-28-22(26)12-17-15(3)25(23(29)16-8-6-14(2)7-9-16)20-13-19(24)21(27-4)11-18(17)20/h6-9,11,13H,5,10,12H2,1-4H3. The van der Waals surface area contributed by atoms with Crippen LogP contribution in [-0.4, -0.2) is 29.2 Å². The van der Waals surface area contributed by atoms with Gasteiger partial charge in [-0.3, -0.25) is 4.79 Å². The highest BCUT2D eigenvalue weighted by Crippen LogP contribution is 2.33. The van der Waals surface area contributed by atoms with Crippen LogP contribution < -0.4 is 4.74 Å². The zero-order chi connectivity index (χ0) is 21.1. The molecule has 0 atom stereocenters. The van der Waals surface area contributed by atoms with E-state index in [1.54, 1.807) is 6.07 Å². The second-order valence-electron chi connectivity index (χ2n) is 6.97. The fourth-order valence-corrected chi connectivity index (χ4v) is 3.73. The fourth-order valence-electron chi connectivity index (χ4n) is 3.36. The van der Waals surface area contributed by atoms with Gasteiger partial charge in [0, 0.05) is 22.7 Å². The van der Waals surface area contributed by atoms with Gasteiger partial charge >= 0.3 is 5.97 Å². The summed E-state index contributed by atoms with van der Waals surface area (Å²) in [4.78, 5) is 12.9. The van der Waals surface area contributed by atoms with E-state index in [-0.39, 0.29) is 18.1 Å². The summed E-state index contributed by atoms with van der Waals surface area (Å²) >= 11 is 5.74. The van der Waals surface area contributed by atoms with Crippen molar-refractivity contribution >= 4 is 34.1 Å². The van der Waals surface area contributed by atoms with Crippen molar-refractivity contribution < 1.29 is 18.7 Å². The highest BCUT2D eigenvalue weighted by molar-refractivity contribution is 7.80. The summed E-state index contributed by atoms with van der Waals surface area (Å²) in [6.07, 6.45) is 0.837. The molecular formula is C23H24FNO3S. The maximum absolute atomic E-state index is 14.5. The van der Waals surface area contributed by atoms with Gasteiger partial charge in [-0.15, -0.1) is 0 Å². The monoisotopic (exact) mass is 413 g/mol. The Kier molecular flexibility index (Phi) is 6.33. The van der Waals surface area contributed by atoms with Gasteiger partial charge < -0.3 is 14.0 Å². The molecule has 3 aromatic rings. The van der Waals surface area contributed by atoms with Gasteiger partial charge in [0.2, 0.25) is 0 Å². The molecule has 3 rings (SSSR count). The topological polar surface area (TPSA) is 40.5 Å². The van der Waals surface area contributed by atoms with Crippen molar-refractivity contribution in [1.82, 2.24) is 4.57 Å². The molecule has 0 spiro atoms. The highest BCUT2D eigenvalue weighted by atomic mass is 32.1. The summed E-state index contributed by atoms with van der Waals surface area (Å²) in [7, 11) is 1.42. The lowest BCUT2D eigenvalue weighted by molar-refractivity contribution is -0.142. The van der Waals surface area contributed by atoms with E-state index in [1.807, 2.05) is 49.6 Å². The smallest absolute Gasteiger partial charge is 0.310 e. The van der Waals surface area contributed by atoms with Crippen molar-refractivity contribution in [3.05, 3.63) is 64.6 Å². The average Bonchev–Trinajstić information content (AvgIpc) is 2.96. The molecule has 0 fully saturated rings.